The molecule has 5 heteroatoms. The fourth-order valence-electron chi connectivity index (χ4n) is 3.40. The van der Waals surface area contributed by atoms with Gasteiger partial charge in [0.15, 0.2) is 5.82 Å². The highest BCUT2D eigenvalue weighted by Crippen LogP contribution is 2.25. The van der Waals surface area contributed by atoms with Crippen LogP contribution in [-0.2, 0) is 4.79 Å². The summed E-state index contributed by atoms with van der Waals surface area (Å²) in [5.41, 5.74) is 0.938. The molecule has 2 aliphatic heterocycles. The van der Waals surface area contributed by atoms with Crippen LogP contribution in [0, 0.1) is 18.8 Å². The molecular formula is C17H26N4O. The number of anilines is 1. The van der Waals surface area contributed by atoms with E-state index in [2.05, 4.69) is 26.9 Å². The van der Waals surface area contributed by atoms with E-state index in [0.717, 1.165) is 69.3 Å². The van der Waals surface area contributed by atoms with E-state index in [4.69, 9.17) is 0 Å². The summed E-state index contributed by atoms with van der Waals surface area (Å²) in [6.07, 6.45) is 4.17. The molecule has 0 N–H and O–H groups in total. The van der Waals surface area contributed by atoms with Crippen molar-refractivity contribution in [2.45, 2.75) is 39.5 Å². The van der Waals surface area contributed by atoms with Gasteiger partial charge in [-0.25, -0.2) is 0 Å². The van der Waals surface area contributed by atoms with Gasteiger partial charge < -0.3 is 9.80 Å². The monoisotopic (exact) mass is 302 g/mol. The number of hydrogen-bond acceptors (Lipinski definition) is 4. The first-order valence-electron chi connectivity index (χ1n) is 8.47. The van der Waals surface area contributed by atoms with Crippen LogP contribution in [-0.4, -0.2) is 47.2 Å². The number of nitrogens with zero attached hydrogens (tertiary/aromatic N) is 4. The van der Waals surface area contributed by atoms with E-state index in [1.54, 1.807) is 0 Å². The molecule has 1 aromatic rings. The Bertz CT molecular complexity index is 500. The van der Waals surface area contributed by atoms with E-state index in [1.807, 2.05) is 19.1 Å². The Kier molecular flexibility index (Phi) is 4.60. The summed E-state index contributed by atoms with van der Waals surface area (Å²) >= 11 is 0. The van der Waals surface area contributed by atoms with Gasteiger partial charge in [-0.3, -0.25) is 4.79 Å². The van der Waals surface area contributed by atoms with Crippen molar-refractivity contribution >= 4 is 11.7 Å². The summed E-state index contributed by atoms with van der Waals surface area (Å²) in [7, 11) is 0. The molecule has 0 aliphatic carbocycles. The molecule has 2 aliphatic rings. The minimum Gasteiger partial charge on any atom is -0.355 e. The van der Waals surface area contributed by atoms with E-state index >= 15 is 0 Å². The number of hydrogen-bond donors (Lipinski definition) is 0. The molecule has 3 rings (SSSR count). The average Bonchev–Trinajstić information content (AvgIpc) is 2.56. The smallest absolute Gasteiger partial charge is 0.225 e. The van der Waals surface area contributed by atoms with E-state index in [1.165, 1.54) is 0 Å². The minimum absolute atomic E-state index is 0.197. The Balaban J connectivity index is 1.53. The third-order valence-corrected chi connectivity index (χ3v) is 5.05. The van der Waals surface area contributed by atoms with Gasteiger partial charge in [0.1, 0.15) is 0 Å². The molecule has 5 nitrogen and oxygen atoms in total. The van der Waals surface area contributed by atoms with Gasteiger partial charge in [0.05, 0.1) is 5.69 Å². The summed E-state index contributed by atoms with van der Waals surface area (Å²) in [5, 5.41) is 8.37. The Morgan fingerprint density at radius 2 is 1.73 bits per heavy atom. The fraction of sp³-hybridized carbons (Fsp3) is 0.706. The molecule has 120 valence electrons. The van der Waals surface area contributed by atoms with Crippen molar-refractivity contribution in [3.05, 3.63) is 17.8 Å². The zero-order chi connectivity index (χ0) is 15.5. The standard InChI is InChI=1S/C17H26N4O/c1-13-5-9-21(10-6-13)17(22)15-7-11-20(12-8-15)16-4-3-14(2)18-19-16/h3-4,13,15H,5-12H2,1-2H3. The molecule has 2 saturated heterocycles. The van der Waals surface area contributed by atoms with Crippen molar-refractivity contribution in [1.82, 2.24) is 15.1 Å². The van der Waals surface area contributed by atoms with Crippen LogP contribution >= 0.6 is 0 Å². The number of aromatic nitrogens is 2. The first-order chi connectivity index (χ1) is 10.6. The fourth-order valence-corrected chi connectivity index (χ4v) is 3.40. The van der Waals surface area contributed by atoms with E-state index in [-0.39, 0.29) is 5.92 Å². The summed E-state index contributed by atoms with van der Waals surface area (Å²) in [4.78, 5) is 17.0. The SMILES string of the molecule is Cc1ccc(N2CCC(C(=O)N3CCC(C)CC3)CC2)nn1. The maximum absolute atomic E-state index is 12.6. The topological polar surface area (TPSA) is 49.3 Å². The van der Waals surface area contributed by atoms with Gasteiger partial charge in [-0.2, -0.15) is 5.10 Å². The highest BCUT2D eigenvalue weighted by molar-refractivity contribution is 5.79. The lowest BCUT2D eigenvalue weighted by molar-refractivity contribution is -0.137. The Labute approximate surface area is 132 Å². The quantitative estimate of drug-likeness (QED) is 0.841. The second kappa shape index (κ2) is 6.63. The van der Waals surface area contributed by atoms with Crippen LogP contribution in [0.3, 0.4) is 0 Å². The zero-order valence-electron chi connectivity index (χ0n) is 13.7. The van der Waals surface area contributed by atoms with Crippen LogP contribution in [0.1, 0.15) is 38.3 Å². The highest BCUT2D eigenvalue weighted by Gasteiger charge is 2.30. The minimum atomic E-state index is 0.197. The normalized spacial score (nSPS) is 21.2. The van der Waals surface area contributed by atoms with Crippen LogP contribution in [0.15, 0.2) is 12.1 Å². The first kappa shape index (κ1) is 15.3. The van der Waals surface area contributed by atoms with Crippen molar-refractivity contribution < 1.29 is 4.79 Å². The van der Waals surface area contributed by atoms with E-state index in [9.17, 15) is 4.79 Å². The maximum atomic E-state index is 12.6. The van der Waals surface area contributed by atoms with Crippen molar-refractivity contribution in [3.8, 4) is 0 Å². The number of piperidine rings is 2. The molecular weight excluding hydrogens is 276 g/mol. The zero-order valence-corrected chi connectivity index (χ0v) is 13.7. The van der Waals surface area contributed by atoms with Gasteiger partial charge in [0.2, 0.25) is 5.91 Å². The third kappa shape index (κ3) is 3.39. The van der Waals surface area contributed by atoms with Gasteiger partial charge in [0, 0.05) is 32.1 Å². The number of carbonyl (C=O) groups is 1. The second-order valence-corrected chi connectivity index (χ2v) is 6.80. The molecule has 1 aromatic heterocycles. The van der Waals surface area contributed by atoms with E-state index in [0.29, 0.717) is 5.91 Å². The number of rotatable bonds is 2. The van der Waals surface area contributed by atoms with Crippen molar-refractivity contribution in [2.75, 3.05) is 31.1 Å². The maximum Gasteiger partial charge on any atom is 0.225 e. The van der Waals surface area contributed by atoms with E-state index < -0.39 is 0 Å². The van der Waals surface area contributed by atoms with Gasteiger partial charge in [-0.05, 0) is 50.7 Å². The molecule has 0 radical (unpaired) electrons. The average molecular weight is 302 g/mol. The molecule has 0 saturated carbocycles. The predicted molar refractivity (Wildman–Crippen MR) is 86.7 cm³/mol. The Morgan fingerprint density at radius 1 is 1.05 bits per heavy atom. The van der Waals surface area contributed by atoms with Gasteiger partial charge in [0.25, 0.3) is 0 Å². The van der Waals surface area contributed by atoms with Gasteiger partial charge in [-0.1, -0.05) is 6.92 Å². The van der Waals surface area contributed by atoms with Crippen LogP contribution in [0.4, 0.5) is 5.82 Å². The lowest BCUT2D eigenvalue weighted by Gasteiger charge is -2.37. The van der Waals surface area contributed by atoms with Crippen molar-refractivity contribution in [2.24, 2.45) is 11.8 Å². The molecule has 1 amide bonds. The second-order valence-electron chi connectivity index (χ2n) is 6.80. The molecule has 0 spiro atoms. The van der Waals surface area contributed by atoms with Crippen molar-refractivity contribution in [1.29, 1.82) is 0 Å². The molecule has 0 atom stereocenters. The number of likely N-dealkylation sites (tertiary alicyclic amines) is 1. The summed E-state index contributed by atoms with van der Waals surface area (Å²) in [5.74, 6) is 2.28. The van der Waals surface area contributed by atoms with Crippen LogP contribution < -0.4 is 4.90 Å². The molecule has 0 aromatic carbocycles. The predicted octanol–water partition coefficient (Wildman–Crippen LogP) is 2.26. The summed E-state index contributed by atoms with van der Waals surface area (Å²) in [6.45, 7) is 7.92. The molecule has 0 bridgehead atoms. The highest BCUT2D eigenvalue weighted by atomic mass is 16.2. The molecule has 22 heavy (non-hydrogen) atoms. The summed E-state index contributed by atoms with van der Waals surface area (Å²) < 4.78 is 0. The molecule has 2 fully saturated rings. The number of carbonyl (C=O) groups excluding carboxylic acids is 1. The molecule has 3 heterocycles. The van der Waals surface area contributed by atoms with Crippen LogP contribution in [0.5, 0.6) is 0 Å². The number of amides is 1. The first-order valence-corrected chi connectivity index (χ1v) is 8.47. The van der Waals surface area contributed by atoms with Gasteiger partial charge >= 0.3 is 0 Å². The van der Waals surface area contributed by atoms with Crippen LogP contribution in [0.2, 0.25) is 0 Å². The number of aryl methyl sites for hydroxylation is 1. The van der Waals surface area contributed by atoms with Crippen LogP contribution in [0.25, 0.3) is 0 Å². The van der Waals surface area contributed by atoms with Crippen molar-refractivity contribution in [3.63, 3.8) is 0 Å². The largest absolute Gasteiger partial charge is 0.355 e. The Morgan fingerprint density at radius 3 is 2.32 bits per heavy atom. The summed E-state index contributed by atoms with van der Waals surface area (Å²) in [6, 6.07) is 4.02. The lowest BCUT2D eigenvalue weighted by atomic mass is 9.92. The van der Waals surface area contributed by atoms with Gasteiger partial charge in [-0.15, -0.1) is 5.10 Å². The lowest BCUT2D eigenvalue weighted by Crippen LogP contribution is -2.45. The third-order valence-electron chi connectivity index (χ3n) is 5.05. The molecule has 0 unspecified atom stereocenters. The Hall–Kier alpha value is -1.65.